The van der Waals surface area contributed by atoms with Crippen molar-refractivity contribution in [1.82, 2.24) is 9.97 Å². The second-order valence-corrected chi connectivity index (χ2v) is 7.54. The van der Waals surface area contributed by atoms with Crippen molar-refractivity contribution in [3.05, 3.63) is 34.4 Å². The zero-order chi connectivity index (χ0) is 18.6. The molecule has 1 aromatic heterocycles. The largest absolute Gasteiger partial charge is 0.394 e. The van der Waals surface area contributed by atoms with Crippen LogP contribution in [0, 0.1) is 6.92 Å². The van der Waals surface area contributed by atoms with E-state index in [-0.39, 0.29) is 18.6 Å². The molecule has 0 saturated carbocycles. The molecule has 2 rings (SSSR count). The topological polar surface area (TPSA) is 104 Å². The van der Waals surface area contributed by atoms with Gasteiger partial charge >= 0.3 is 10.2 Å². The quantitative estimate of drug-likeness (QED) is 0.577. The van der Waals surface area contributed by atoms with E-state index in [0.29, 0.717) is 28.0 Å². The van der Waals surface area contributed by atoms with Gasteiger partial charge in [0.15, 0.2) is 0 Å². The fourth-order valence-corrected chi connectivity index (χ4v) is 3.09. The average molecular weight is 433 g/mol. The molecule has 0 amide bonds. The summed E-state index contributed by atoms with van der Waals surface area (Å²) < 4.78 is 36.3. The average Bonchev–Trinajstić information content (AvgIpc) is 2.56. The summed E-state index contributed by atoms with van der Waals surface area (Å²) in [4.78, 5) is 7.97. The molecule has 0 aliphatic rings. The maximum Gasteiger partial charge on any atom is 0.332 e. The summed E-state index contributed by atoms with van der Waals surface area (Å²) in [5, 5.41) is 15.2. The monoisotopic (exact) mass is 432 g/mol. The van der Waals surface area contributed by atoms with Crippen LogP contribution in [0.2, 0.25) is 0 Å². The van der Waals surface area contributed by atoms with Crippen molar-refractivity contribution in [3.63, 3.8) is 0 Å². The Kier molecular flexibility index (Phi) is 6.31. The molecule has 2 aromatic rings. The maximum absolute atomic E-state index is 13.3. The molecule has 0 aliphatic heterocycles. The summed E-state index contributed by atoms with van der Waals surface area (Å²) in [6, 6.07) is 4.12. The Morgan fingerprint density at radius 1 is 1.40 bits per heavy atom. The third-order valence-electron chi connectivity index (χ3n) is 3.51. The first-order valence-electron chi connectivity index (χ1n) is 7.46. The number of nitrogens with zero attached hydrogens (tertiary/aromatic N) is 2. The lowest BCUT2D eigenvalue weighted by molar-refractivity contribution is 0.271. The van der Waals surface area contributed by atoms with Crippen molar-refractivity contribution in [2.75, 3.05) is 17.2 Å². The van der Waals surface area contributed by atoms with Gasteiger partial charge in [-0.25, -0.2) is 4.98 Å². The molecule has 1 heterocycles. The lowest BCUT2D eigenvalue weighted by Crippen LogP contribution is -2.23. The molecule has 10 heteroatoms. The van der Waals surface area contributed by atoms with Crippen molar-refractivity contribution in [2.45, 2.75) is 31.2 Å². The van der Waals surface area contributed by atoms with Crippen LogP contribution in [0.1, 0.15) is 18.9 Å². The van der Waals surface area contributed by atoms with Crippen LogP contribution in [0.15, 0.2) is 33.8 Å². The Hall–Kier alpha value is -1.78. The Labute approximate surface area is 154 Å². The summed E-state index contributed by atoms with van der Waals surface area (Å²) >= 11 is 3.32. The smallest absolute Gasteiger partial charge is 0.332 e. The Morgan fingerprint density at radius 3 is 2.72 bits per heavy atom. The number of aliphatic hydroxyl groups is 1. The maximum atomic E-state index is 13.3. The number of nitrogens with one attached hydrogen (secondary N) is 2. The number of hydrogen-bond acceptors (Lipinski definition) is 7. The normalized spacial score (nSPS) is 12.7. The summed E-state index contributed by atoms with van der Waals surface area (Å²) in [5.41, 5.74) is 0.644. The van der Waals surface area contributed by atoms with Gasteiger partial charge in [0.05, 0.1) is 17.1 Å². The number of rotatable bonds is 7. The zero-order valence-electron chi connectivity index (χ0n) is 13.6. The first-order valence-corrected chi connectivity index (χ1v) is 9.64. The van der Waals surface area contributed by atoms with E-state index in [2.05, 4.69) is 36.5 Å². The Balaban J connectivity index is 2.29. The summed E-state index contributed by atoms with van der Waals surface area (Å²) in [6.07, 6.45) is 2.22. The number of benzene rings is 1. The van der Waals surface area contributed by atoms with E-state index in [1.165, 1.54) is 25.3 Å². The van der Waals surface area contributed by atoms with Crippen LogP contribution in [-0.2, 0) is 10.2 Å². The number of hydrogen-bond donors (Lipinski definition) is 3. The van der Waals surface area contributed by atoms with E-state index in [4.69, 9.17) is 0 Å². The fraction of sp³-hybridized carbons (Fsp3) is 0.333. The van der Waals surface area contributed by atoms with Gasteiger partial charge in [-0.2, -0.15) is 13.4 Å². The van der Waals surface area contributed by atoms with Gasteiger partial charge < -0.3 is 15.7 Å². The molecule has 0 fully saturated rings. The van der Waals surface area contributed by atoms with E-state index in [9.17, 15) is 17.4 Å². The van der Waals surface area contributed by atoms with Gasteiger partial charge in [-0.15, -0.1) is 3.89 Å². The molecule has 0 radical (unpaired) electrons. The molecule has 1 atom stereocenters. The van der Waals surface area contributed by atoms with Crippen molar-refractivity contribution in [2.24, 2.45) is 0 Å². The molecule has 0 saturated heterocycles. The third-order valence-corrected chi connectivity index (χ3v) is 5.05. The second-order valence-electron chi connectivity index (χ2n) is 5.37. The minimum atomic E-state index is -4.81. The van der Waals surface area contributed by atoms with Gasteiger partial charge in [-0.05, 0) is 47.0 Å². The number of aryl methyl sites for hydroxylation is 1. The molecule has 25 heavy (non-hydrogen) atoms. The molecule has 0 bridgehead atoms. The van der Waals surface area contributed by atoms with Crippen LogP contribution in [0.25, 0.3) is 0 Å². The van der Waals surface area contributed by atoms with E-state index in [0.717, 1.165) is 0 Å². The molecule has 7 nitrogen and oxygen atoms in total. The molecular weight excluding hydrogens is 415 g/mol. The number of aromatic nitrogens is 2. The highest BCUT2D eigenvalue weighted by Gasteiger charge is 2.16. The van der Waals surface area contributed by atoms with Gasteiger partial charge in [-0.3, -0.25) is 0 Å². The summed E-state index contributed by atoms with van der Waals surface area (Å²) in [5.74, 6) is 0.674. The highest BCUT2D eigenvalue weighted by molar-refractivity contribution is 9.10. The standard InChI is InChI=1S/C15H18BrFN4O3S/c1-3-10(8-22)19-14-12(16)7-18-15(21-14)20-11-5-4-9(2)13(6-11)25(17,23)24/h4-7,10,22H,3,8H2,1-2H3,(H2,18,19,20,21)/t10-/m1/s1. The van der Waals surface area contributed by atoms with Crippen molar-refractivity contribution >= 4 is 43.6 Å². The van der Waals surface area contributed by atoms with Crippen LogP contribution in [0.5, 0.6) is 0 Å². The summed E-state index contributed by atoms with van der Waals surface area (Å²) in [6.45, 7) is 3.38. The predicted molar refractivity (Wildman–Crippen MR) is 97.3 cm³/mol. The first kappa shape index (κ1) is 19.5. The lowest BCUT2D eigenvalue weighted by atomic mass is 10.2. The molecule has 0 spiro atoms. The molecule has 0 aliphatic carbocycles. The van der Waals surface area contributed by atoms with Crippen molar-refractivity contribution < 1.29 is 17.4 Å². The lowest BCUT2D eigenvalue weighted by Gasteiger charge is -2.16. The van der Waals surface area contributed by atoms with Gasteiger partial charge in [0.25, 0.3) is 0 Å². The number of aliphatic hydroxyl groups excluding tert-OH is 1. The predicted octanol–water partition coefficient (Wildman–Crippen LogP) is 3.13. The van der Waals surface area contributed by atoms with Crippen LogP contribution < -0.4 is 10.6 Å². The molecule has 0 unspecified atom stereocenters. The minimum Gasteiger partial charge on any atom is -0.394 e. The van der Waals surface area contributed by atoms with E-state index in [1.807, 2.05) is 6.92 Å². The van der Waals surface area contributed by atoms with Crippen LogP contribution in [0.3, 0.4) is 0 Å². The van der Waals surface area contributed by atoms with E-state index < -0.39 is 15.1 Å². The molecule has 3 N–H and O–H groups in total. The first-order chi connectivity index (χ1) is 11.7. The van der Waals surface area contributed by atoms with Crippen molar-refractivity contribution in [3.8, 4) is 0 Å². The fourth-order valence-electron chi connectivity index (χ4n) is 2.07. The molecule has 1 aromatic carbocycles. The van der Waals surface area contributed by atoms with Crippen LogP contribution >= 0.6 is 15.9 Å². The molecule has 136 valence electrons. The minimum absolute atomic E-state index is 0.0502. The molecular formula is C15H18BrFN4O3S. The highest BCUT2D eigenvalue weighted by Crippen LogP contribution is 2.26. The van der Waals surface area contributed by atoms with E-state index >= 15 is 0 Å². The van der Waals surface area contributed by atoms with Crippen LogP contribution in [0.4, 0.5) is 21.3 Å². The summed E-state index contributed by atoms with van der Waals surface area (Å²) in [7, 11) is -4.81. The Bertz CT molecular complexity index is 860. The van der Waals surface area contributed by atoms with Gasteiger partial charge in [0, 0.05) is 11.9 Å². The van der Waals surface area contributed by atoms with Gasteiger partial charge in [-0.1, -0.05) is 13.0 Å². The Morgan fingerprint density at radius 2 is 2.12 bits per heavy atom. The number of anilines is 3. The van der Waals surface area contributed by atoms with Gasteiger partial charge in [0.2, 0.25) is 5.95 Å². The highest BCUT2D eigenvalue weighted by atomic mass is 79.9. The second kappa shape index (κ2) is 8.07. The zero-order valence-corrected chi connectivity index (χ0v) is 16.0. The van der Waals surface area contributed by atoms with Gasteiger partial charge in [0.1, 0.15) is 10.7 Å². The van der Waals surface area contributed by atoms with Crippen LogP contribution in [-0.4, -0.2) is 36.1 Å². The SMILES string of the molecule is CC[C@H](CO)Nc1nc(Nc2ccc(C)c(S(=O)(=O)F)c2)ncc1Br. The van der Waals surface area contributed by atoms with Crippen molar-refractivity contribution in [1.29, 1.82) is 0 Å². The third kappa shape index (κ3) is 5.10. The van der Waals surface area contributed by atoms with E-state index in [1.54, 1.807) is 6.07 Å². The number of halogens is 2.